The standard InChI is InChI=1S/C61H84N18O13S/c62-59(63)68-21-5-13-40(73-50(83)33-17-19-37(20-18-33)71-61(66)67)54(87)76-23-7-16-45(76)56(89)78-31-38(81)27-46(78)52(85)70-29-49(82)72-42(28-39-12-8-24-93-39)51(84)75-43(32-80)55(88)77-30-36-11-2-1-9-34(36)25-48(77)57(90)79-44-15-4-3-10-35(44)26-47(79)53(86)74-41(58(91)92)14-6-22-69-60(64)65/h1-2,8-9,11-12,17-20,24,35,38,40-48,80-81H,3-7,10,13-16,21-23,25-32H2,(H,70,85)(H,72,82)(H,73,83)(H,74,86)(H,75,84)(H,91,92)(H4,62,63,68)(H4,64,65,69)(H4,66,67,71)/t35?,38?,40-,41-,42?,43-,44?,45-,46-,47?,48?/m0/s1. The number of carboxylic acid groups (broad SMARTS) is 1. The molecule has 93 heavy (non-hydrogen) atoms. The summed E-state index contributed by atoms with van der Waals surface area (Å²) in [6.45, 7) is -1.67. The first-order valence-corrected chi connectivity index (χ1v) is 32.0. The fraction of sp³-hybridized carbons (Fsp3) is 0.525. The van der Waals surface area contributed by atoms with Crippen LogP contribution in [0.2, 0.25) is 0 Å². The Kier molecular flexibility index (Phi) is 24.1. The van der Waals surface area contributed by atoms with Gasteiger partial charge < -0.3 is 95.9 Å². The number of thiophene rings is 1. The van der Waals surface area contributed by atoms with Gasteiger partial charge in [0.2, 0.25) is 47.3 Å². The van der Waals surface area contributed by atoms with Gasteiger partial charge in [-0.1, -0.05) is 43.2 Å². The highest BCUT2D eigenvalue weighted by Crippen LogP contribution is 2.41. The van der Waals surface area contributed by atoms with Gasteiger partial charge in [-0.25, -0.2) is 9.79 Å². The van der Waals surface area contributed by atoms with E-state index in [1.807, 2.05) is 6.07 Å². The minimum atomic E-state index is -1.67. The highest BCUT2D eigenvalue weighted by Gasteiger charge is 2.52. The van der Waals surface area contributed by atoms with Crippen LogP contribution in [-0.4, -0.2) is 212 Å². The Morgan fingerprint density at radius 3 is 1.97 bits per heavy atom. The van der Waals surface area contributed by atoms with Crippen LogP contribution in [0.5, 0.6) is 0 Å². The van der Waals surface area contributed by atoms with E-state index in [9.17, 15) is 58.5 Å². The van der Waals surface area contributed by atoms with Crippen molar-refractivity contribution in [3.05, 3.63) is 87.6 Å². The minimum Gasteiger partial charge on any atom is -0.480 e. The third-order valence-electron chi connectivity index (χ3n) is 17.5. The summed E-state index contributed by atoms with van der Waals surface area (Å²) in [7, 11) is 0. The average Bonchev–Trinajstić information content (AvgIpc) is 1.70. The quantitative estimate of drug-likeness (QED) is 0.0203. The second kappa shape index (κ2) is 32.2. The molecule has 1 aliphatic carbocycles. The van der Waals surface area contributed by atoms with Crippen molar-refractivity contribution in [1.82, 2.24) is 46.2 Å². The van der Waals surface area contributed by atoms with Crippen LogP contribution in [0.25, 0.3) is 0 Å². The second-order valence-corrected chi connectivity index (χ2v) is 25.0. The molecule has 0 spiro atoms. The van der Waals surface area contributed by atoms with Crippen molar-refractivity contribution in [3.63, 3.8) is 0 Å². The summed E-state index contributed by atoms with van der Waals surface area (Å²) in [6.07, 6.45) is 2.88. The van der Waals surface area contributed by atoms with Crippen LogP contribution in [0.4, 0.5) is 5.69 Å². The van der Waals surface area contributed by atoms with Gasteiger partial charge in [-0.2, -0.15) is 0 Å². The number of hydrogen-bond acceptors (Lipinski definition) is 16. The zero-order valence-electron chi connectivity index (χ0n) is 51.5. The van der Waals surface area contributed by atoms with Crippen LogP contribution in [0.1, 0.15) is 103 Å². The molecule has 9 amide bonds. The highest BCUT2D eigenvalue weighted by atomic mass is 32.1. The largest absolute Gasteiger partial charge is 0.480 e. The van der Waals surface area contributed by atoms with E-state index >= 15 is 4.79 Å². The lowest BCUT2D eigenvalue weighted by atomic mass is 9.84. The molecule has 1 saturated carbocycles. The minimum absolute atomic E-state index is 0.0000574. The molecule has 3 aromatic rings. The molecule has 31 nitrogen and oxygen atoms in total. The van der Waals surface area contributed by atoms with Gasteiger partial charge in [0.15, 0.2) is 17.9 Å². The maximum atomic E-state index is 15.4. The van der Waals surface area contributed by atoms with Gasteiger partial charge in [0.1, 0.15) is 48.3 Å². The van der Waals surface area contributed by atoms with Gasteiger partial charge in [-0.3, -0.25) is 53.1 Å². The number of likely N-dealkylation sites (tertiary alicyclic amines) is 3. The molecule has 2 aromatic carbocycles. The number of nitrogens with one attached hydrogen (secondary N) is 5. The monoisotopic (exact) mass is 1310 g/mol. The summed E-state index contributed by atoms with van der Waals surface area (Å²) in [5.41, 5.74) is 34.9. The van der Waals surface area contributed by atoms with E-state index in [0.717, 1.165) is 29.7 Å². The molecule has 6 unspecified atom stereocenters. The average molecular weight is 1310 g/mol. The molecule has 5 aliphatic rings. The molecule has 8 rings (SSSR count). The van der Waals surface area contributed by atoms with Crippen LogP contribution in [0.15, 0.2) is 81.0 Å². The number of rotatable bonds is 27. The van der Waals surface area contributed by atoms with Crippen LogP contribution < -0.4 is 61.0 Å². The Morgan fingerprint density at radius 2 is 1.31 bits per heavy atom. The van der Waals surface area contributed by atoms with E-state index in [1.165, 1.54) is 50.3 Å². The van der Waals surface area contributed by atoms with E-state index in [2.05, 4.69) is 41.6 Å². The molecular formula is C61H84N18O13S. The first kappa shape index (κ1) is 69.5. The van der Waals surface area contributed by atoms with Crippen LogP contribution in [-0.2, 0) is 62.5 Å². The maximum Gasteiger partial charge on any atom is 0.326 e. The number of nitrogens with two attached hydrogens (primary N) is 6. The molecule has 4 aliphatic heterocycles. The fourth-order valence-electron chi connectivity index (χ4n) is 13.0. The third-order valence-corrected chi connectivity index (χ3v) is 18.4. The maximum absolute atomic E-state index is 15.4. The van der Waals surface area contributed by atoms with Crippen LogP contribution in [0, 0.1) is 5.92 Å². The molecule has 1 aromatic heterocycles. The number of fused-ring (bicyclic) bond motifs is 2. The number of benzene rings is 2. The number of aliphatic imine (C=N–C) groups is 3. The Balaban J connectivity index is 0.933. The molecule has 20 N–H and O–H groups in total. The number of carbonyl (C=O) groups is 10. The Hall–Kier alpha value is -9.43. The van der Waals surface area contributed by atoms with Crippen molar-refractivity contribution in [1.29, 1.82) is 0 Å². The smallest absolute Gasteiger partial charge is 0.326 e. The molecule has 0 bridgehead atoms. The number of carbonyl (C=O) groups excluding carboxylic acids is 9. The number of β-amino-alcohol motifs (C(OH)–C–C–N with tert-alkyl or cyclic N) is 1. The number of carboxylic acids is 1. The third kappa shape index (κ3) is 18.0. The first-order valence-electron chi connectivity index (χ1n) is 31.1. The number of aliphatic hydroxyl groups excluding tert-OH is 2. The number of hydrogen-bond donors (Lipinski definition) is 14. The van der Waals surface area contributed by atoms with Gasteiger partial charge in [-0.15, -0.1) is 11.3 Å². The van der Waals surface area contributed by atoms with Gasteiger partial charge >= 0.3 is 5.97 Å². The predicted molar refractivity (Wildman–Crippen MR) is 341 cm³/mol. The van der Waals surface area contributed by atoms with Gasteiger partial charge in [0.25, 0.3) is 5.91 Å². The summed E-state index contributed by atoms with van der Waals surface area (Å²) in [5, 5.41) is 46.9. The lowest BCUT2D eigenvalue weighted by Gasteiger charge is -2.42. The number of nitrogens with zero attached hydrogens (tertiary/aromatic N) is 7. The number of guanidine groups is 3. The van der Waals surface area contributed by atoms with E-state index in [0.29, 0.717) is 29.0 Å². The van der Waals surface area contributed by atoms with Crippen molar-refractivity contribution < 1.29 is 63.3 Å². The summed E-state index contributed by atoms with van der Waals surface area (Å²) < 4.78 is 0. The zero-order valence-corrected chi connectivity index (χ0v) is 52.3. The highest BCUT2D eigenvalue weighted by molar-refractivity contribution is 7.09. The Labute approximate surface area is 540 Å². The first-order chi connectivity index (χ1) is 44.5. The molecule has 32 heteroatoms. The zero-order chi connectivity index (χ0) is 67.0. The van der Waals surface area contributed by atoms with Gasteiger partial charge in [-0.05, 0) is 111 Å². The summed E-state index contributed by atoms with van der Waals surface area (Å²) in [4.78, 5) is 160. The van der Waals surface area contributed by atoms with E-state index in [1.54, 1.807) is 35.7 Å². The van der Waals surface area contributed by atoms with Crippen molar-refractivity contribution in [3.8, 4) is 0 Å². The summed E-state index contributed by atoms with van der Waals surface area (Å²) in [5.74, 6) is -8.35. The van der Waals surface area contributed by atoms with E-state index in [4.69, 9.17) is 34.4 Å². The number of aliphatic hydroxyl groups is 2. The van der Waals surface area contributed by atoms with Crippen LogP contribution in [0.3, 0.4) is 0 Å². The predicted octanol–water partition coefficient (Wildman–Crippen LogP) is -3.19. The molecule has 11 atom stereocenters. The molecule has 502 valence electrons. The van der Waals surface area contributed by atoms with Gasteiger partial charge in [0, 0.05) is 68.5 Å². The van der Waals surface area contributed by atoms with Crippen molar-refractivity contribution in [2.75, 3.05) is 39.3 Å². The number of aliphatic carboxylic acids is 1. The molecule has 3 saturated heterocycles. The molecular weight excluding hydrogens is 1220 g/mol. The number of amides is 9. The summed E-state index contributed by atoms with van der Waals surface area (Å²) >= 11 is 1.27. The summed E-state index contributed by atoms with van der Waals surface area (Å²) in [6, 6.07) is 5.94. The topological polar surface area (TPSA) is 498 Å². The second-order valence-electron chi connectivity index (χ2n) is 23.9. The van der Waals surface area contributed by atoms with Crippen molar-refractivity contribution in [2.45, 2.75) is 157 Å². The van der Waals surface area contributed by atoms with E-state index in [-0.39, 0.29) is 120 Å². The normalized spacial score (nSPS) is 21.9. The SMILES string of the molecule is NC(N)=NCCC[C@H](NC(=O)C1CC2CCCCC2N1C(=O)C1Cc2ccccc2CN1C(=O)[C@H](CO)NC(=O)C(Cc1cccs1)NC(=O)CNC(=O)[C@@H]1CC(O)CN1C(=O)[C@@H]1CCCN1C(=O)[C@H](CCCN=C(N)N)NC(=O)c1ccc(N=C(N)N)cc1)C(=O)O. The van der Waals surface area contributed by atoms with Crippen molar-refractivity contribution >= 4 is 94.0 Å². The fourth-order valence-corrected chi connectivity index (χ4v) is 13.8. The lowest BCUT2D eigenvalue weighted by Crippen LogP contribution is -2.63. The molecule has 0 radical (unpaired) electrons. The Morgan fingerprint density at radius 1 is 0.634 bits per heavy atom. The lowest BCUT2D eigenvalue weighted by molar-refractivity contribution is -0.153. The van der Waals surface area contributed by atoms with Gasteiger partial charge in [0.05, 0.1) is 24.9 Å². The van der Waals surface area contributed by atoms with Crippen molar-refractivity contribution in [2.24, 2.45) is 55.3 Å². The van der Waals surface area contributed by atoms with Crippen LogP contribution >= 0.6 is 11.3 Å². The molecule has 4 fully saturated rings. The van der Waals surface area contributed by atoms with E-state index < -0.39 is 133 Å². The molecule has 5 heterocycles. The Bertz CT molecular complexity index is 3300.